The molecule has 2 aromatic rings. The Labute approximate surface area is 170 Å². The van der Waals surface area contributed by atoms with Crippen LogP contribution in [0.25, 0.3) is 0 Å². The molecule has 1 aliphatic carbocycles. The molecule has 0 N–H and O–H groups in total. The van der Waals surface area contributed by atoms with Gasteiger partial charge in [-0.1, -0.05) is 12.1 Å². The number of ether oxygens (including phenoxy) is 1. The monoisotopic (exact) mass is 397 g/mol. The van der Waals surface area contributed by atoms with Crippen molar-refractivity contribution in [3.8, 4) is 0 Å². The zero-order chi connectivity index (χ0) is 21.0. The molecule has 6 heteroatoms. The first-order valence-corrected chi connectivity index (χ1v) is 9.95. The normalized spacial score (nSPS) is 12.9. The third-order valence-corrected chi connectivity index (χ3v) is 5.43. The summed E-state index contributed by atoms with van der Waals surface area (Å²) in [5.41, 5.74) is 3.64. The maximum atomic E-state index is 12.5. The van der Waals surface area contributed by atoms with Gasteiger partial charge in [0.25, 0.3) is 0 Å². The highest BCUT2D eigenvalue weighted by Gasteiger charge is 2.19. The fourth-order valence-electron chi connectivity index (χ4n) is 3.72. The minimum atomic E-state index is -0.470. The minimum absolute atomic E-state index is 0.0121. The molecule has 0 unspecified atom stereocenters. The first-order chi connectivity index (χ1) is 13.9. The first-order valence-electron chi connectivity index (χ1n) is 9.95. The van der Waals surface area contributed by atoms with Gasteiger partial charge in [-0.15, -0.1) is 0 Å². The Hall–Kier alpha value is -2.89. The summed E-state index contributed by atoms with van der Waals surface area (Å²) in [4.78, 5) is 38.1. The fraction of sp³-hybridized carbons (Fsp3) is 0.435. The standard InChI is InChI=1S/C23H27NO5/c1-15-20(23(27)28-3)13-19(29-15)14-24(2)22(26)11-10-21(25)18-9-8-16-6-4-5-7-17(16)12-18/h8-9,12-13H,4-7,10-11,14H2,1-3H3. The van der Waals surface area contributed by atoms with Gasteiger partial charge in [-0.3, -0.25) is 9.59 Å². The lowest BCUT2D eigenvalue weighted by Gasteiger charge is -2.17. The quantitative estimate of drug-likeness (QED) is 0.523. The van der Waals surface area contributed by atoms with Crippen LogP contribution in [0, 0.1) is 6.92 Å². The van der Waals surface area contributed by atoms with Gasteiger partial charge < -0.3 is 14.1 Å². The molecule has 0 saturated carbocycles. The largest absolute Gasteiger partial charge is 0.465 e. The zero-order valence-corrected chi connectivity index (χ0v) is 17.2. The Morgan fingerprint density at radius 2 is 1.79 bits per heavy atom. The van der Waals surface area contributed by atoms with E-state index in [1.165, 1.54) is 29.6 Å². The number of fused-ring (bicyclic) bond motifs is 1. The van der Waals surface area contributed by atoms with Gasteiger partial charge in [0.2, 0.25) is 5.91 Å². The van der Waals surface area contributed by atoms with Crippen LogP contribution in [0.5, 0.6) is 0 Å². The topological polar surface area (TPSA) is 76.8 Å². The number of rotatable bonds is 7. The number of nitrogens with zero attached hydrogens (tertiary/aromatic N) is 1. The number of methoxy groups -OCH3 is 1. The van der Waals surface area contributed by atoms with Crippen LogP contribution < -0.4 is 0 Å². The van der Waals surface area contributed by atoms with E-state index < -0.39 is 5.97 Å². The number of carbonyl (C=O) groups excluding carboxylic acids is 3. The molecule has 29 heavy (non-hydrogen) atoms. The molecule has 154 valence electrons. The van der Waals surface area contributed by atoms with Gasteiger partial charge in [0.05, 0.1) is 13.7 Å². The predicted molar refractivity (Wildman–Crippen MR) is 108 cm³/mol. The summed E-state index contributed by atoms with van der Waals surface area (Å²) in [7, 11) is 2.96. The lowest BCUT2D eigenvalue weighted by Crippen LogP contribution is -2.26. The Balaban J connectivity index is 1.55. The van der Waals surface area contributed by atoms with Crippen molar-refractivity contribution < 1.29 is 23.5 Å². The van der Waals surface area contributed by atoms with Crippen molar-refractivity contribution in [1.82, 2.24) is 4.90 Å². The van der Waals surface area contributed by atoms with Crippen molar-refractivity contribution in [3.63, 3.8) is 0 Å². The lowest BCUT2D eigenvalue weighted by molar-refractivity contribution is -0.130. The van der Waals surface area contributed by atoms with E-state index in [1.54, 1.807) is 20.0 Å². The third-order valence-electron chi connectivity index (χ3n) is 5.43. The Morgan fingerprint density at radius 1 is 1.07 bits per heavy atom. The second-order valence-corrected chi connectivity index (χ2v) is 7.54. The molecule has 0 fully saturated rings. The number of aryl methyl sites for hydroxylation is 3. The maximum Gasteiger partial charge on any atom is 0.341 e. The Morgan fingerprint density at radius 3 is 2.52 bits per heavy atom. The molecular formula is C23H27NO5. The molecule has 0 aliphatic heterocycles. The van der Waals surface area contributed by atoms with Crippen molar-refractivity contribution in [2.75, 3.05) is 14.2 Å². The van der Waals surface area contributed by atoms with E-state index in [9.17, 15) is 14.4 Å². The molecule has 1 aromatic carbocycles. The molecule has 0 radical (unpaired) electrons. The Bertz CT molecular complexity index is 927. The van der Waals surface area contributed by atoms with Gasteiger partial charge in [-0.25, -0.2) is 4.79 Å². The molecule has 3 rings (SSSR count). The lowest BCUT2D eigenvalue weighted by atomic mass is 9.89. The van der Waals surface area contributed by atoms with Gasteiger partial charge in [0.15, 0.2) is 5.78 Å². The number of carbonyl (C=O) groups is 3. The molecule has 1 aliphatic rings. The minimum Gasteiger partial charge on any atom is -0.465 e. The smallest absolute Gasteiger partial charge is 0.341 e. The van der Waals surface area contributed by atoms with Crippen LogP contribution in [0.2, 0.25) is 0 Å². The summed E-state index contributed by atoms with van der Waals surface area (Å²) in [5.74, 6) is 0.323. The van der Waals surface area contributed by atoms with Gasteiger partial charge in [0.1, 0.15) is 17.1 Å². The van der Waals surface area contributed by atoms with Crippen molar-refractivity contribution in [1.29, 1.82) is 0 Å². The number of ketones is 1. The molecular weight excluding hydrogens is 370 g/mol. The second-order valence-electron chi connectivity index (χ2n) is 7.54. The van der Waals surface area contributed by atoms with Gasteiger partial charge in [-0.05, 0) is 55.9 Å². The van der Waals surface area contributed by atoms with Gasteiger partial charge in [-0.2, -0.15) is 0 Å². The summed E-state index contributed by atoms with van der Waals surface area (Å²) in [5, 5.41) is 0. The summed E-state index contributed by atoms with van der Waals surface area (Å²) in [6, 6.07) is 7.50. The fourth-order valence-corrected chi connectivity index (χ4v) is 3.72. The van der Waals surface area contributed by atoms with E-state index in [1.807, 2.05) is 18.2 Å². The molecule has 1 heterocycles. The number of amides is 1. The highest BCUT2D eigenvalue weighted by atomic mass is 16.5. The Kier molecular flexibility index (Phi) is 6.52. The highest BCUT2D eigenvalue weighted by Crippen LogP contribution is 2.23. The van der Waals surface area contributed by atoms with E-state index >= 15 is 0 Å². The van der Waals surface area contributed by atoms with E-state index in [2.05, 4.69) is 0 Å². The van der Waals surface area contributed by atoms with Crippen LogP contribution in [-0.4, -0.2) is 36.7 Å². The van der Waals surface area contributed by atoms with Crippen LogP contribution in [0.3, 0.4) is 0 Å². The number of Topliss-reactive ketones (excluding diaryl/α,β-unsaturated/α-hetero) is 1. The van der Waals surface area contributed by atoms with Crippen molar-refractivity contribution in [3.05, 3.63) is 58.0 Å². The highest BCUT2D eigenvalue weighted by molar-refractivity contribution is 5.98. The van der Waals surface area contributed by atoms with E-state index in [0.717, 1.165) is 19.3 Å². The molecule has 6 nitrogen and oxygen atoms in total. The average Bonchev–Trinajstić information content (AvgIpc) is 3.10. The van der Waals surface area contributed by atoms with Crippen molar-refractivity contribution >= 4 is 17.7 Å². The molecule has 0 saturated heterocycles. The van der Waals surface area contributed by atoms with Crippen LogP contribution >= 0.6 is 0 Å². The first kappa shape index (κ1) is 20.8. The second kappa shape index (κ2) is 9.07. The number of esters is 1. The van der Waals surface area contributed by atoms with Crippen molar-refractivity contribution in [2.45, 2.75) is 52.0 Å². The zero-order valence-electron chi connectivity index (χ0n) is 17.2. The average molecular weight is 397 g/mol. The summed E-state index contributed by atoms with van der Waals surface area (Å²) >= 11 is 0. The van der Waals surface area contributed by atoms with Crippen LogP contribution in [0.1, 0.15) is 69.0 Å². The van der Waals surface area contributed by atoms with Crippen LogP contribution in [-0.2, 0) is 28.9 Å². The third kappa shape index (κ3) is 4.94. The van der Waals surface area contributed by atoms with E-state index in [4.69, 9.17) is 9.15 Å². The number of hydrogen-bond donors (Lipinski definition) is 0. The van der Waals surface area contributed by atoms with Crippen LogP contribution in [0.4, 0.5) is 0 Å². The SMILES string of the molecule is COC(=O)c1cc(CN(C)C(=O)CCC(=O)c2ccc3c(c2)CCCC3)oc1C. The molecule has 0 bridgehead atoms. The number of furan rings is 1. The molecule has 0 spiro atoms. The van der Waals surface area contributed by atoms with E-state index in [-0.39, 0.29) is 31.1 Å². The molecule has 1 amide bonds. The molecule has 0 atom stereocenters. The number of hydrogen-bond acceptors (Lipinski definition) is 5. The summed E-state index contributed by atoms with van der Waals surface area (Å²) in [6.07, 6.45) is 4.78. The molecule has 1 aromatic heterocycles. The van der Waals surface area contributed by atoms with Crippen LogP contribution in [0.15, 0.2) is 28.7 Å². The van der Waals surface area contributed by atoms with Gasteiger partial charge in [0, 0.05) is 25.5 Å². The maximum absolute atomic E-state index is 12.5. The summed E-state index contributed by atoms with van der Waals surface area (Å²) in [6.45, 7) is 1.90. The van der Waals surface area contributed by atoms with E-state index in [0.29, 0.717) is 22.6 Å². The summed E-state index contributed by atoms with van der Waals surface area (Å²) < 4.78 is 10.3. The van der Waals surface area contributed by atoms with Gasteiger partial charge >= 0.3 is 5.97 Å². The number of benzene rings is 1. The predicted octanol–water partition coefficient (Wildman–Crippen LogP) is 3.87. The van der Waals surface area contributed by atoms with Crippen molar-refractivity contribution in [2.24, 2.45) is 0 Å².